The van der Waals surface area contributed by atoms with Crippen molar-refractivity contribution in [2.45, 2.75) is 106 Å². The molecule has 6 aromatic rings. The van der Waals surface area contributed by atoms with Crippen LogP contribution in [0.15, 0.2) is 70.3 Å². The third kappa shape index (κ3) is 13.7. The van der Waals surface area contributed by atoms with Gasteiger partial charge in [-0.2, -0.15) is 23.7 Å². The number of carbonyl (C=O) groups excluding carboxylic acids is 1. The Morgan fingerprint density at radius 3 is 1.38 bits per heavy atom. The van der Waals surface area contributed by atoms with Crippen molar-refractivity contribution in [3.63, 3.8) is 0 Å². The molecule has 4 heterocycles. The van der Waals surface area contributed by atoms with Crippen LogP contribution in [0.5, 0.6) is 0 Å². The first-order valence-corrected chi connectivity index (χ1v) is 23.8. The van der Waals surface area contributed by atoms with E-state index in [-0.39, 0.29) is 102 Å². The van der Waals surface area contributed by atoms with Crippen molar-refractivity contribution < 1.29 is 96.7 Å². The predicted molar refractivity (Wildman–Crippen MR) is 244 cm³/mol. The van der Waals surface area contributed by atoms with Gasteiger partial charge in [0, 0.05) is 43.9 Å². The molecule has 0 aliphatic rings. The summed E-state index contributed by atoms with van der Waals surface area (Å²) < 4.78 is 41.4. The zero-order chi connectivity index (χ0) is 47.8. The van der Waals surface area contributed by atoms with E-state index in [0.717, 1.165) is 11.0 Å². The summed E-state index contributed by atoms with van der Waals surface area (Å²) in [6.07, 6.45) is 0. The van der Waals surface area contributed by atoms with Crippen LogP contribution in [0.25, 0.3) is 44.8 Å². The molecule has 18 heteroatoms. The number of fused-ring (bicyclic) bond motifs is 2. The predicted octanol–water partition coefficient (Wildman–Crippen LogP) is 3.50. The van der Waals surface area contributed by atoms with E-state index < -0.39 is 19.5 Å². The summed E-state index contributed by atoms with van der Waals surface area (Å²) in [6, 6.07) is 21.9. The van der Waals surface area contributed by atoms with E-state index in [0.29, 0.717) is 69.2 Å². The first kappa shape index (κ1) is 57.0. The van der Waals surface area contributed by atoms with E-state index in [1.807, 2.05) is 18.2 Å². The van der Waals surface area contributed by atoms with Gasteiger partial charge in [0.1, 0.15) is 0 Å². The van der Waals surface area contributed by atoms with E-state index in [4.69, 9.17) is 4.98 Å². The third-order valence-electron chi connectivity index (χ3n) is 10.0. The van der Waals surface area contributed by atoms with Gasteiger partial charge in [0.15, 0.2) is 25.2 Å². The Morgan fingerprint density at radius 2 is 1.06 bits per heavy atom. The summed E-state index contributed by atoms with van der Waals surface area (Å²) in [7, 11) is 0.541. The summed E-state index contributed by atoms with van der Waals surface area (Å²) in [5.41, 5.74) is 5.78. The topological polar surface area (TPSA) is 165 Å². The van der Waals surface area contributed by atoms with Gasteiger partial charge in [0.25, 0.3) is 0 Å². The number of hydrogen-bond acceptors (Lipinski definition) is 8. The van der Waals surface area contributed by atoms with Gasteiger partial charge >= 0.3 is 86.1 Å². The van der Waals surface area contributed by atoms with E-state index >= 15 is 0 Å². The van der Waals surface area contributed by atoms with Crippen molar-refractivity contribution in [2.75, 3.05) is 0 Å². The number of Topliss-reactive ketones (excluding diaryl/α,β-unsaturated/α-hetero) is 1. The van der Waals surface area contributed by atoms with Gasteiger partial charge in [-0.1, -0.05) is 73.3 Å². The normalized spacial score (nSPS) is 11.9. The number of imidazole rings is 2. The zero-order valence-electron chi connectivity index (χ0n) is 39.9. The van der Waals surface area contributed by atoms with Crippen molar-refractivity contribution in [1.29, 1.82) is 10.5 Å². The van der Waals surface area contributed by atoms with E-state index in [2.05, 4.69) is 58.7 Å². The van der Waals surface area contributed by atoms with Crippen LogP contribution in [-0.2, 0) is 32.8 Å². The molecule has 4 aromatic heterocycles. The number of aromatic nitrogens is 6. The smallest absolute Gasteiger partial charge is 1.00 e. The van der Waals surface area contributed by atoms with E-state index in [1.54, 1.807) is 79.5 Å². The second kappa shape index (κ2) is 21.2. The van der Waals surface area contributed by atoms with Gasteiger partial charge < -0.3 is 9.81 Å². The maximum absolute atomic E-state index is 12.7. The molecule has 0 saturated carbocycles. The molecule has 12 nitrogen and oxygen atoms in total. The second-order valence-electron chi connectivity index (χ2n) is 19.7. The third-order valence-corrected chi connectivity index (χ3v) is 11.7. The number of aryl methyl sites for hydroxylation is 2. The fourth-order valence-electron chi connectivity index (χ4n) is 6.41. The average Bonchev–Trinajstić information content (AvgIpc) is 3.54. The summed E-state index contributed by atoms with van der Waals surface area (Å²) in [4.78, 5) is 46.5. The number of nitrogens with zero attached hydrogens (tertiary/aromatic N) is 8. The molecule has 0 radical (unpaired) electrons. The minimum atomic E-state index is -3.92. The summed E-state index contributed by atoms with van der Waals surface area (Å²) in [6.45, 7) is 22.4. The number of benzene rings is 2. The van der Waals surface area contributed by atoms with Crippen LogP contribution in [0, 0.1) is 33.5 Å². The van der Waals surface area contributed by atoms with Crippen molar-refractivity contribution in [1.82, 2.24) is 28.2 Å². The molecule has 0 aliphatic heterocycles. The molecule has 0 aliphatic carbocycles. The number of rotatable bonds is 6. The Hall–Kier alpha value is -4.12. The monoisotopic (exact) mass is 1030 g/mol. The summed E-state index contributed by atoms with van der Waals surface area (Å²) in [5.74, 6) is -4.00. The number of ketones is 1. The van der Waals surface area contributed by atoms with Gasteiger partial charge in [-0.15, -0.1) is 0 Å². The Bertz CT molecular complexity index is 2900. The van der Waals surface area contributed by atoms with Crippen LogP contribution in [0.1, 0.15) is 89.4 Å². The van der Waals surface area contributed by atoms with Gasteiger partial charge in [0.2, 0.25) is 0 Å². The van der Waals surface area contributed by atoms with E-state index in [9.17, 15) is 43.2 Å². The zero-order valence-corrected chi connectivity index (χ0v) is 47.2. The number of aliphatic hydroxyl groups is 1. The number of alkyl halides is 3. The van der Waals surface area contributed by atoms with E-state index in [1.165, 1.54) is 35.7 Å². The molecule has 2 aromatic carbocycles. The summed E-state index contributed by atoms with van der Waals surface area (Å²) >= 11 is 0. The number of nitriles is 2. The molecular formula is C47H57CsF4N8O4Si. The van der Waals surface area contributed by atoms with Crippen molar-refractivity contribution in [3.05, 3.63) is 104 Å². The van der Waals surface area contributed by atoms with Crippen molar-refractivity contribution in [3.8, 4) is 34.7 Å². The standard InChI is InChI=1S/C22H26N4O2.C21H22N4O2.C4H9F3Si.Cs.FH/c1-21(2,3)13-26-18-10-9-17(24-19(18)25(6)20(26)27)16-11-15(22(4,5)28)8-7-14(16)12-23;1-13(26)14-6-7-15(11-22)16(10-14)17-8-9-18-19(23-17)24(5)20(27)25(18)12-21(2,3)4;1-8(2,3)4(5,6)7;;/h7-11,28H,13H2,1-6H3;6-10H,12H2,1-5H3;1-3H3;;1H/q;;;+1;/p-1. The Labute approximate surface area is 436 Å². The average molecular weight is 1040 g/mol. The molecule has 6 rings (SSSR count). The Morgan fingerprint density at radius 1 is 0.692 bits per heavy atom. The largest absolute Gasteiger partial charge is 1.00 e. The number of halogens is 4. The molecule has 0 atom stereocenters. The molecule has 0 bridgehead atoms. The SMILES string of the molecule is CC(=O)c1ccc(C#N)c(-c2ccc3c(n2)n(C)c(=O)n3CC(C)(C)C)c1.C[Si](C)(C)C(F)(F)F.Cn1c(=O)n(CC(C)(C)C)c2ccc(-c3cc(C(C)(C)O)ccc3C#N)nc21.[Cs+].[F-]. The van der Waals surface area contributed by atoms with Gasteiger partial charge in [-0.05, 0) is 85.7 Å². The first-order chi connectivity index (χ1) is 28.8. The van der Waals surface area contributed by atoms with Crippen LogP contribution in [-0.4, -0.2) is 53.0 Å². The second-order valence-corrected chi connectivity index (χ2v) is 24.7. The molecule has 0 unspecified atom stereocenters. The fourth-order valence-corrected chi connectivity index (χ4v) is 6.41. The van der Waals surface area contributed by atoms with Crippen LogP contribution in [0.3, 0.4) is 0 Å². The number of hydrogen-bond donors (Lipinski definition) is 1. The summed E-state index contributed by atoms with van der Waals surface area (Å²) in [5, 5.41) is 29.3. The number of pyridine rings is 2. The molecule has 65 heavy (non-hydrogen) atoms. The molecule has 0 fully saturated rings. The van der Waals surface area contributed by atoms with Crippen LogP contribution in [0.4, 0.5) is 13.2 Å². The van der Waals surface area contributed by atoms with Crippen molar-refractivity contribution in [2.24, 2.45) is 24.9 Å². The minimum absolute atomic E-state index is 0. The maximum Gasteiger partial charge on any atom is 1.00 e. The molecule has 1 N–H and O–H groups in total. The van der Waals surface area contributed by atoms with Crippen LogP contribution in [0.2, 0.25) is 19.6 Å². The minimum Gasteiger partial charge on any atom is -1.00 e. The van der Waals surface area contributed by atoms with Crippen LogP contribution >= 0.6 is 0 Å². The molecule has 0 spiro atoms. The van der Waals surface area contributed by atoms with Crippen LogP contribution < -0.4 is 85.0 Å². The molecule has 342 valence electrons. The molecule has 0 saturated heterocycles. The van der Waals surface area contributed by atoms with Gasteiger partial charge in [-0.25, -0.2) is 19.6 Å². The Balaban J connectivity index is 0.000000373. The maximum atomic E-state index is 12.7. The quantitative estimate of drug-likeness (QED) is 0.151. The van der Waals surface area contributed by atoms with Crippen molar-refractivity contribution >= 4 is 36.2 Å². The van der Waals surface area contributed by atoms with Gasteiger partial charge in [-0.3, -0.25) is 23.1 Å². The Kier molecular flexibility index (Phi) is 18.6. The molecular weight excluding hydrogens is 978 g/mol. The molecule has 0 amide bonds. The van der Waals surface area contributed by atoms with Gasteiger partial charge in [0.05, 0.1) is 51.3 Å². The number of carbonyl (C=O) groups is 1. The fraction of sp³-hybridized carbons (Fsp3) is 0.426. The first-order valence-electron chi connectivity index (χ1n) is 20.3.